The van der Waals surface area contributed by atoms with Crippen LogP contribution in [0.3, 0.4) is 0 Å². The van der Waals surface area contributed by atoms with E-state index in [9.17, 15) is 0 Å². The summed E-state index contributed by atoms with van der Waals surface area (Å²) >= 11 is 0. The van der Waals surface area contributed by atoms with Gasteiger partial charge in [-0.15, -0.1) is 0 Å². The molecule has 0 saturated carbocycles. The molecule has 0 amide bonds. The van der Waals surface area contributed by atoms with Gasteiger partial charge in [-0.2, -0.15) is 0 Å². The van der Waals surface area contributed by atoms with E-state index < -0.39 is 0 Å². The molecule has 12 rings (SSSR count). The molecule has 302 valence electrons. The Hall–Kier alpha value is -8.21. The van der Waals surface area contributed by atoms with Crippen molar-refractivity contribution in [3.8, 4) is 84.4 Å². The molecule has 2 aromatic heterocycles. The molecule has 1 aliphatic rings. The zero-order valence-corrected chi connectivity index (χ0v) is 35.6. The second kappa shape index (κ2) is 15.0. The normalized spacial score (nSPS) is 12.7. The second-order valence-electron chi connectivity index (χ2n) is 17.3. The average Bonchev–Trinajstić information content (AvgIpc) is 3.82. The zero-order chi connectivity index (χ0) is 42.8. The highest BCUT2D eigenvalue weighted by Gasteiger charge is 2.35. The Labute approximate surface area is 372 Å². The number of benzene rings is 9. The maximum Gasteiger partial charge on any atom is 0.164 e. The van der Waals surface area contributed by atoms with Crippen LogP contribution >= 0.6 is 0 Å². The first kappa shape index (κ1) is 37.5. The van der Waals surface area contributed by atoms with Crippen LogP contribution in [0.15, 0.2) is 218 Å². The van der Waals surface area contributed by atoms with Crippen molar-refractivity contribution < 1.29 is 0 Å². The lowest BCUT2D eigenvalue weighted by molar-refractivity contribution is 0.660. The van der Waals surface area contributed by atoms with E-state index in [0.29, 0.717) is 17.5 Å². The molecule has 4 nitrogen and oxygen atoms in total. The van der Waals surface area contributed by atoms with Gasteiger partial charge in [0.15, 0.2) is 17.5 Å². The third kappa shape index (κ3) is 6.34. The van der Waals surface area contributed by atoms with Gasteiger partial charge in [-0.1, -0.05) is 196 Å². The number of hydrogen-bond donors (Lipinski definition) is 0. The Morgan fingerprint density at radius 1 is 0.312 bits per heavy atom. The fourth-order valence-corrected chi connectivity index (χ4v) is 9.77. The number of nitrogens with zero attached hydrogens (tertiary/aromatic N) is 4. The molecule has 64 heavy (non-hydrogen) atoms. The van der Waals surface area contributed by atoms with Crippen LogP contribution in [0.5, 0.6) is 0 Å². The van der Waals surface area contributed by atoms with Crippen LogP contribution in [0.25, 0.3) is 106 Å². The van der Waals surface area contributed by atoms with Crippen molar-refractivity contribution >= 4 is 21.8 Å². The van der Waals surface area contributed by atoms with E-state index in [4.69, 9.17) is 15.0 Å². The highest BCUT2D eigenvalue weighted by atomic mass is 15.0. The highest BCUT2D eigenvalue weighted by molar-refractivity contribution is 6.10. The van der Waals surface area contributed by atoms with Gasteiger partial charge < -0.3 is 4.57 Å². The summed E-state index contributed by atoms with van der Waals surface area (Å²) in [6, 6.07) is 78.0. The molecule has 0 unspecified atom stereocenters. The molecule has 0 saturated heterocycles. The number of hydrogen-bond acceptors (Lipinski definition) is 3. The molecule has 0 N–H and O–H groups in total. The second-order valence-corrected chi connectivity index (χ2v) is 17.3. The maximum atomic E-state index is 5.14. The minimum atomic E-state index is -0.0552. The summed E-state index contributed by atoms with van der Waals surface area (Å²) in [5.74, 6) is 1.89. The summed E-state index contributed by atoms with van der Waals surface area (Å²) in [5, 5.41) is 2.41. The molecule has 11 aromatic rings. The smallest absolute Gasteiger partial charge is 0.164 e. The summed E-state index contributed by atoms with van der Waals surface area (Å²) in [4.78, 5) is 15.3. The molecule has 1 aliphatic carbocycles. The largest absolute Gasteiger partial charge is 0.309 e. The molecule has 0 bridgehead atoms. The Balaban J connectivity index is 0.949. The van der Waals surface area contributed by atoms with E-state index in [1.54, 1.807) is 0 Å². The number of aromatic nitrogens is 4. The van der Waals surface area contributed by atoms with Crippen molar-refractivity contribution in [3.05, 3.63) is 230 Å². The Morgan fingerprint density at radius 2 is 0.797 bits per heavy atom. The van der Waals surface area contributed by atoms with Crippen LogP contribution in [-0.4, -0.2) is 19.5 Å². The lowest BCUT2D eigenvalue weighted by atomic mass is 9.81. The van der Waals surface area contributed by atoms with Crippen molar-refractivity contribution in [1.82, 2.24) is 19.5 Å². The summed E-state index contributed by atoms with van der Waals surface area (Å²) < 4.78 is 2.38. The van der Waals surface area contributed by atoms with Crippen molar-refractivity contribution in [2.75, 3.05) is 0 Å². The number of rotatable bonds is 7. The van der Waals surface area contributed by atoms with Crippen LogP contribution in [0.1, 0.15) is 25.0 Å². The van der Waals surface area contributed by atoms with Crippen LogP contribution in [0.2, 0.25) is 0 Å². The summed E-state index contributed by atoms with van der Waals surface area (Å²) in [6.07, 6.45) is 0. The standard InChI is InChI=1S/C60H42N4/c1-60(2)53-25-11-9-23-49(53)50-33-31-45(37-54(50)60)43-19-13-20-44(35-43)46-32-34-52-51-24-10-12-26-55(51)64(56(52)38-46)48-22-14-21-47(36-48)59-62-57(41-17-7-4-8-18-41)61-58(63-59)42-29-27-40(28-30-42)39-15-5-3-6-16-39/h3-38H,1-2H3. The fourth-order valence-electron chi connectivity index (χ4n) is 9.77. The van der Waals surface area contributed by atoms with Gasteiger partial charge in [0.05, 0.1) is 11.0 Å². The van der Waals surface area contributed by atoms with Crippen molar-refractivity contribution in [2.45, 2.75) is 19.3 Å². The molecule has 0 atom stereocenters. The van der Waals surface area contributed by atoms with E-state index >= 15 is 0 Å². The molecular formula is C60H42N4. The van der Waals surface area contributed by atoms with Gasteiger partial charge in [0.1, 0.15) is 0 Å². The zero-order valence-electron chi connectivity index (χ0n) is 35.6. The van der Waals surface area contributed by atoms with Crippen LogP contribution in [-0.2, 0) is 5.41 Å². The monoisotopic (exact) mass is 818 g/mol. The van der Waals surface area contributed by atoms with Gasteiger partial charge in [0.25, 0.3) is 0 Å². The predicted octanol–water partition coefficient (Wildman–Crippen LogP) is 15.3. The van der Waals surface area contributed by atoms with Crippen molar-refractivity contribution in [3.63, 3.8) is 0 Å². The number of fused-ring (bicyclic) bond motifs is 6. The first-order valence-electron chi connectivity index (χ1n) is 21.9. The van der Waals surface area contributed by atoms with E-state index in [-0.39, 0.29) is 5.41 Å². The SMILES string of the molecule is CC1(C)c2ccccc2-c2ccc(-c3cccc(-c4ccc5c6ccccc6n(-c6cccc(-c7nc(-c8ccccc8)nc(-c8ccc(-c9ccccc9)cc8)n7)c6)c5c4)c3)cc21. The molecule has 0 fully saturated rings. The average molecular weight is 819 g/mol. The van der Waals surface area contributed by atoms with E-state index in [0.717, 1.165) is 44.5 Å². The van der Waals surface area contributed by atoms with Crippen molar-refractivity contribution in [2.24, 2.45) is 0 Å². The lowest BCUT2D eigenvalue weighted by Gasteiger charge is -2.22. The number of para-hydroxylation sites is 1. The van der Waals surface area contributed by atoms with Gasteiger partial charge in [-0.05, 0) is 92.0 Å². The fraction of sp³-hybridized carbons (Fsp3) is 0.0500. The highest BCUT2D eigenvalue weighted by Crippen LogP contribution is 2.49. The summed E-state index contributed by atoms with van der Waals surface area (Å²) in [7, 11) is 0. The van der Waals surface area contributed by atoms with Gasteiger partial charge in [-0.3, -0.25) is 0 Å². The Kier molecular flexibility index (Phi) is 8.80. The molecule has 4 heteroatoms. The quantitative estimate of drug-likeness (QED) is 0.161. The lowest BCUT2D eigenvalue weighted by Crippen LogP contribution is -2.14. The topological polar surface area (TPSA) is 43.6 Å². The van der Waals surface area contributed by atoms with Crippen molar-refractivity contribution in [1.29, 1.82) is 0 Å². The van der Waals surface area contributed by atoms with Gasteiger partial charge in [-0.25, -0.2) is 15.0 Å². The van der Waals surface area contributed by atoms with Gasteiger partial charge in [0, 0.05) is 38.6 Å². The summed E-state index contributed by atoms with van der Waals surface area (Å²) in [6.45, 7) is 4.69. The molecule has 0 aliphatic heterocycles. The van der Waals surface area contributed by atoms with Gasteiger partial charge in [0.2, 0.25) is 0 Å². The molecule has 0 radical (unpaired) electrons. The minimum Gasteiger partial charge on any atom is -0.309 e. The van der Waals surface area contributed by atoms with E-state index in [1.165, 1.54) is 55.3 Å². The van der Waals surface area contributed by atoms with E-state index in [2.05, 4.69) is 213 Å². The van der Waals surface area contributed by atoms with Crippen LogP contribution in [0.4, 0.5) is 0 Å². The first-order chi connectivity index (χ1) is 31.5. The van der Waals surface area contributed by atoms with E-state index in [1.807, 2.05) is 24.3 Å². The molecule has 9 aromatic carbocycles. The first-order valence-corrected chi connectivity index (χ1v) is 21.9. The maximum absolute atomic E-state index is 5.14. The molecule has 0 spiro atoms. The Bertz CT molecular complexity index is 3570. The minimum absolute atomic E-state index is 0.0552. The molecular weight excluding hydrogens is 777 g/mol. The van der Waals surface area contributed by atoms with Gasteiger partial charge >= 0.3 is 0 Å². The Morgan fingerprint density at radius 3 is 1.56 bits per heavy atom. The van der Waals surface area contributed by atoms with Crippen LogP contribution < -0.4 is 0 Å². The predicted molar refractivity (Wildman–Crippen MR) is 264 cm³/mol. The molecule has 2 heterocycles. The third-order valence-electron chi connectivity index (χ3n) is 13.1. The van der Waals surface area contributed by atoms with Crippen LogP contribution in [0, 0.1) is 0 Å². The third-order valence-corrected chi connectivity index (χ3v) is 13.1. The summed E-state index contributed by atoms with van der Waals surface area (Å²) in [5.41, 5.74) is 18.6.